The summed E-state index contributed by atoms with van der Waals surface area (Å²) in [6.07, 6.45) is 2.01. The van der Waals surface area contributed by atoms with Gasteiger partial charge >= 0.3 is 6.18 Å². The quantitative estimate of drug-likeness (QED) is 0.362. The molecule has 0 radical (unpaired) electrons. The zero-order chi connectivity index (χ0) is 14.8. The summed E-state index contributed by atoms with van der Waals surface area (Å²) in [7, 11) is 0. The molecular formula is C13H22F3N3O. The van der Waals surface area contributed by atoms with Gasteiger partial charge in [-0.1, -0.05) is 18.0 Å². The van der Waals surface area contributed by atoms with Crippen molar-refractivity contribution in [3.05, 3.63) is 0 Å². The maximum absolute atomic E-state index is 13.0. The van der Waals surface area contributed by atoms with Gasteiger partial charge < -0.3 is 10.9 Å². The topological polar surface area (TPSA) is 61.9 Å². The average Bonchev–Trinajstić information content (AvgIpc) is 3.03. The molecule has 2 atom stereocenters. The summed E-state index contributed by atoms with van der Waals surface area (Å²) in [5.74, 6) is -2.11. The standard InChI is InChI=1S/C13H22F3N3O/c14-13(15,16)10(12(17)18-20)8-19-7-3-6-11(19)9-4-1-2-5-9/h9-11,20H,1-8H2,(H2,17,18). The monoisotopic (exact) mass is 293 g/mol. The number of alkyl halides is 3. The van der Waals surface area contributed by atoms with Crippen LogP contribution in [-0.4, -0.2) is 41.3 Å². The molecule has 0 aromatic carbocycles. The van der Waals surface area contributed by atoms with Crippen LogP contribution in [0.2, 0.25) is 0 Å². The lowest BCUT2D eigenvalue weighted by Crippen LogP contribution is -2.47. The molecule has 1 aliphatic heterocycles. The largest absolute Gasteiger partial charge is 0.409 e. The molecule has 0 aromatic rings. The molecular weight excluding hydrogens is 271 g/mol. The molecule has 3 N–H and O–H groups in total. The first-order chi connectivity index (χ1) is 9.43. The van der Waals surface area contributed by atoms with Gasteiger partial charge in [0.15, 0.2) is 5.84 Å². The second-order valence-electron chi connectivity index (χ2n) is 5.87. The van der Waals surface area contributed by atoms with Crippen LogP contribution >= 0.6 is 0 Å². The number of amidine groups is 1. The summed E-state index contributed by atoms with van der Waals surface area (Å²) in [5, 5.41) is 11.1. The molecule has 4 nitrogen and oxygen atoms in total. The van der Waals surface area contributed by atoms with Crippen molar-refractivity contribution in [1.82, 2.24) is 4.90 Å². The van der Waals surface area contributed by atoms with E-state index in [9.17, 15) is 13.2 Å². The van der Waals surface area contributed by atoms with Crippen LogP contribution in [0.25, 0.3) is 0 Å². The molecule has 1 aliphatic carbocycles. The fraction of sp³-hybridized carbons (Fsp3) is 0.923. The summed E-state index contributed by atoms with van der Waals surface area (Å²) in [6.45, 7) is 0.479. The molecule has 2 rings (SSSR count). The first kappa shape index (κ1) is 15.4. The molecule has 0 bridgehead atoms. The van der Waals surface area contributed by atoms with Gasteiger partial charge in [0.25, 0.3) is 0 Å². The highest BCUT2D eigenvalue weighted by Gasteiger charge is 2.46. The minimum atomic E-state index is -4.47. The van der Waals surface area contributed by atoms with Gasteiger partial charge in [0.2, 0.25) is 0 Å². The maximum atomic E-state index is 13.0. The zero-order valence-electron chi connectivity index (χ0n) is 11.4. The molecule has 1 saturated carbocycles. The third kappa shape index (κ3) is 3.37. The Kier molecular flexibility index (Phi) is 4.78. The van der Waals surface area contributed by atoms with Crippen molar-refractivity contribution in [3.8, 4) is 0 Å². The average molecular weight is 293 g/mol. The first-order valence-electron chi connectivity index (χ1n) is 7.21. The summed E-state index contributed by atoms with van der Waals surface area (Å²) >= 11 is 0. The summed E-state index contributed by atoms with van der Waals surface area (Å²) in [6, 6.07) is 0.230. The Bertz CT molecular complexity index is 353. The lowest BCUT2D eigenvalue weighted by molar-refractivity contribution is -0.161. The fourth-order valence-electron chi connectivity index (χ4n) is 3.62. The molecule has 2 fully saturated rings. The van der Waals surface area contributed by atoms with Crippen LogP contribution in [-0.2, 0) is 0 Å². The number of hydrogen-bond donors (Lipinski definition) is 2. The second-order valence-corrected chi connectivity index (χ2v) is 5.87. The molecule has 0 aromatic heterocycles. The van der Waals surface area contributed by atoms with E-state index in [1.54, 1.807) is 0 Å². The minimum absolute atomic E-state index is 0.194. The molecule has 1 saturated heterocycles. The molecule has 7 heteroatoms. The normalized spacial score (nSPS) is 28.1. The van der Waals surface area contributed by atoms with Crippen molar-refractivity contribution < 1.29 is 18.4 Å². The van der Waals surface area contributed by atoms with Crippen LogP contribution in [0.5, 0.6) is 0 Å². The van der Waals surface area contributed by atoms with Gasteiger partial charge in [-0.3, -0.25) is 4.90 Å². The van der Waals surface area contributed by atoms with E-state index in [1.807, 2.05) is 4.90 Å². The Labute approximate surface area is 116 Å². The van der Waals surface area contributed by atoms with E-state index >= 15 is 0 Å². The van der Waals surface area contributed by atoms with E-state index in [0.29, 0.717) is 12.5 Å². The Morgan fingerprint density at radius 1 is 1.25 bits per heavy atom. The second kappa shape index (κ2) is 6.20. The predicted octanol–water partition coefficient (Wildman–Crippen LogP) is 2.57. The minimum Gasteiger partial charge on any atom is -0.409 e. The Balaban J connectivity index is 2.05. The van der Waals surface area contributed by atoms with Crippen LogP contribution in [0.4, 0.5) is 13.2 Å². The molecule has 20 heavy (non-hydrogen) atoms. The Hall–Kier alpha value is -0.980. The van der Waals surface area contributed by atoms with E-state index < -0.39 is 17.9 Å². The molecule has 116 valence electrons. The molecule has 0 amide bonds. The summed E-state index contributed by atoms with van der Waals surface area (Å²) in [5.41, 5.74) is 5.23. The van der Waals surface area contributed by atoms with Crippen LogP contribution in [0, 0.1) is 11.8 Å². The van der Waals surface area contributed by atoms with Crippen LogP contribution in [0.15, 0.2) is 5.16 Å². The van der Waals surface area contributed by atoms with Gasteiger partial charge in [-0.2, -0.15) is 13.2 Å². The number of halogens is 3. The number of hydrogen-bond acceptors (Lipinski definition) is 3. The lowest BCUT2D eigenvalue weighted by atomic mass is 9.95. The van der Waals surface area contributed by atoms with Crippen LogP contribution in [0.1, 0.15) is 38.5 Å². The number of oxime groups is 1. The van der Waals surface area contributed by atoms with Crippen molar-refractivity contribution in [2.24, 2.45) is 22.7 Å². The predicted molar refractivity (Wildman–Crippen MR) is 69.5 cm³/mol. The third-order valence-electron chi connectivity index (χ3n) is 4.64. The van der Waals surface area contributed by atoms with Crippen molar-refractivity contribution in [2.45, 2.75) is 50.7 Å². The molecule has 2 aliphatic rings. The van der Waals surface area contributed by atoms with E-state index in [2.05, 4.69) is 5.16 Å². The molecule has 1 heterocycles. The smallest absolute Gasteiger partial charge is 0.400 e. The van der Waals surface area contributed by atoms with Crippen molar-refractivity contribution >= 4 is 5.84 Å². The van der Waals surface area contributed by atoms with Crippen molar-refractivity contribution in [1.29, 1.82) is 0 Å². The Morgan fingerprint density at radius 3 is 2.45 bits per heavy atom. The first-order valence-corrected chi connectivity index (χ1v) is 7.21. The highest BCUT2D eigenvalue weighted by Crippen LogP contribution is 2.37. The number of nitrogens with zero attached hydrogens (tertiary/aromatic N) is 2. The zero-order valence-corrected chi connectivity index (χ0v) is 11.4. The number of likely N-dealkylation sites (tertiary alicyclic amines) is 1. The highest BCUT2D eigenvalue weighted by molar-refractivity contribution is 5.83. The van der Waals surface area contributed by atoms with Gasteiger partial charge in [-0.25, -0.2) is 0 Å². The van der Waals surface area contributed by atoms with Gasteiger partial charge in [0.05, 0.1) is 0 Å². The fourth-order valence-corrected chi connectivity index (χ4v) is 3.62. The number of nitrogens with two attached hydrogens (primary N) is 1. The van der Waals surface area contributed by atoms with Crippen molar-refractivity contribution in [2.75, 3.05) is 13.1 Å². The van der Waals surface area contributed by atoms with E-state index in [1.165, 1.54) is 12.8 Å². The van der Waals surface area contributed by atoms with Gasteiger partial charge in [-0.15, -0.1) is 0 Å². The SMILES string of the molecule is NC(=NO)C(CN1CCCC1C1CCCC1)C(F)(F)F. The van der Waals surface area contributed by atoms with E-state index in [-0.39, 0.29) is 12.6 Å². The number of rotatable bonds is 4. The third-order valence-corrected chi connectivity index (χ3v) is 4.64. The lowest BCUT2D eigenvalue weighted by Gasteiger charge is -2.32. The molecule has 2 unspecified atom stereocenters. The van der Waals surface area contributed by atoms with Crippen LogP contribution in [0.3, 0.4) is 0 Å². The van der Waals surface area contributed by atoms with Gasteiger partial charge in [0, 0.05) is 12.6 Å². The molecule has 0 spiro atoms. The van der Waals surface area contributed by atoms with Gasteiger partial charge in [0.1, 0.15) is 5.92 Å². The van der Waals surface area contributed by atoms with E-state index in [4.69, 9.17) is 10.9 Å². The van der Waals surface area contributed by atoms with Gasteiger partial charge in [-0.05, 0) is 38.1 Å². The highest BCUT2D eigenvalue weighted by atomic mass is 19.4. The Morgan fingerprint density at radius 2 is 1.90 bits per heavy atom. The summed E-state index contributed by atoms with van der Waals surface area (Å²) < 4.78 is 39.0. The van der Waals surface area contributed by atoms with E-state index in [0.717, 1.165) is 25.7 Å². The maximum Gasteiger partial charge on any atom is 0.400 e. The van der Waals surface area contributed by atoms with Crippen molar-refractivity contribution in [3.63, 3.8) is 0 Å². The summed E-state index contributed by atoms with van der Waals surface area (Å²) in [4.78, 5) is 1.90. The van der Waals surface area contributed by atoms with Crippen LogP contribution < -0.4 is 5.73 Å².